The molecule has 10 rings (SSSR count). The minimum absolute atomic E-state index is 0. The molecule has 24 nitrogen and oxygen atoms in total. The van der Waals surface area contributed by atoms with Crippen molar-refractivity contribution in [3.8, 4) is 23.0 Å². The van der Waals surface area contributed by atoms with E-state index in [2.05, 4.69) is 15.0 Å². The molecule has 0 unspecified atom stereocenters. The van der Waals surface area contributed by atoms with Crippen LogP contribution in [0.25, 0.3) is 54.3 Å². The molecular formula is C65H65Cl2Mn2N9O15. The van der Waals surface area contributed by atoms with Crippen LogP contribution in [-0.2, 0) is 45.5 Å². The number of nitrogen functional groups attached to an aromatic ring is 1. The number of aliphatic hydroxyl groups is 1. The number of benzene rings is 8. The Labute approximate surface area is 561 Å². The predicted octanol–water partition coefficient (Wildman–Crippen LogP) is -1.47. The van der Waals surface area contributed by atoms with E-state index in [-0.39, 0.29) is 63.6 Å². The van der Waals surface area contributed by atoms with Crippen molar-refractivity contribution < 1.29 is 132 Å². The minimum atomic E-state index is -4.94. The van der Waals surface area contributed by atoms with Crippen LogP contribution in [-0.4, -0.2) is 80.2 Å². The predicted molar refractivity (Wildman–Crippen MR) is 317 cm³/mol. The number of hydrogen-bond acceptors (Lipinski definition) is 22. The molecule has 0 bridgehead atoms. The molecule has 2 aromatic heterocycles. The largest absolute Gasteiger partial charge is 3.00 e. The molecule has 0 radical (unpaired) electrons. The fraction of sp³-hybridized carbons (Fsp3) is 0.231. The molecule has 0 saturated carbocycles. The van der Waals surface area contributed by atoms with Crippen LogP contribution in [0.2, 0.25) is 0 Å². The van der Waals surface area contributed by atoms with Gasteiger partial charge < -0.3 is 41.2 Å². The van der Waals surface area contributed by atoms with E-state index >= 15 is 0 Å². The van der Waals surface area contributed by atoms with Gasteiger partial charge in [-0.05, 0) is 121 Å². The number of aryl methyl sites for hydroxylation is 1. The molecule has 0 spiro atoms. The number of nitrogens with two attached hydrogens (primary N) is 1. The number of carbonyl (C=O) groups excluding carboxylic acids is 1. The number of aromatic amines is 1. The second-order valence-corrected chi connectivity index (χ2v) is 23.4. The third-order valence-electron chi connectivity index (χ3n) is 14.8. The van der Waals surface area contributed by atoms with Gasteiger partial charge in [-0.3, -0.25) is 25.0 Å². The van der Waals surface area contributed by atoms with E-state index in [1.54, 1.807) is 60.0 Å². The van der Waals surface area contributed by atoms with Crippen molar-refractivity contribution in [2.24, 2.45) is 20.0 Å². The van der Waals surface area contributed by atoms with Crippen molar-refractivity contribution in [2.75, 3.05) is 12.8 Å². The fourth-order valence-electron chi connectivity index (χ4n) is 8.50. The molecule has 4 N–H and O–H groups in total. The Morgan fingerprint density at radius 2 is 0.742 bits per heavy atom. The Morgan fingerprint density at radius 3 is 1.00 bits per heavy atom. The summed E-state index contributed by atoms with van der Waals surface area (Å²) in [5.41, 5.74) is 6.60. The number of aliphatic hydroxyl groups excluding tert-OH is 1. The molecular weight excluding hydrogens is 1330 g/mol. The molecule has 93 heavy (non-hydrogen) atoms. The minimum Gasteiger partial charge on any atom is -0.872 e. The van der Waals surface area contributed by atoms with Gasteiger partial charge in [0.15, 0.2) is 18.5 Å². The zero-order valence-corrected chi connectivity index (χ0v) is 55.5. The molecule has 0 atom stereocenters. The molecule has 0 fully saturated rings. The number of anilines is 1. The van der Waals surface area contributed by atoms with Crippen molar-refractivity contribution in [2.45, 2.75) is 90.5 Å². The van der Waals surface area contributed by atoms with E-state index in [0.29, 0.717) is 45.8 Å². The molecule has 2 heterocycles. The number of nitrogens with one attached hydrogen (secondary N) is 1. The number of fused-ring (bicyclic) bond motifs is 5. The van der Waals surface area contributed by atoms with Crippen LogP contribution in [0.5, 0.6) is 23.0 Å². The van der Waals surface area contributed by atoms with E-state index in [4.69, 9.17) is 68.1 Å². The molecule has 0 aliphatic rings. The third kappa shape index (κ3) is 22.5. The van der Waals surface area contributed by atoms with Gasteiger partial charge in [0.1, 0.15) is 0 Å². The van der Waals surface area contributed by atoms with Gasteiger partial charge in [0.25, 0.3) is 0 Å². The number of carboxylic acid groups (broad SMARTS) is 1. The number of aliphatic carboxylic acids is 1. The molecule has 0 saturated heterocycles. The number of aliphatic imine (C=N–C) groups is 4. The summed E-state index contributed by atoms with van der Waals surface area (Å²) in [7, 11) is -8.89. The standard InChI is InChI=1S/2C28H28N2O2.C8H9N5O2.CH4O.2ClHO4.2Mn/c2*1-27(2,29-17-23-21-11-7-5-9-19(21)13-15-25(23)31)28(3,4)30-18-24-22-12-8-6-10-20(22)14-16-26(24)32;9-7-6-8(11-3-10-7)13(4-12-6)2-1-5(14)15;1-2;2*2-1(3,4)5;;/h2*5-18,31-32H,1-4H3;3-4H,1-2H2,(H3,9,10,11,14,15);2H,1H3;2*(H,2,3,4,5);;/q;;;;;;2*+3/p-6. The Balaban J connectivity index is 0.000000345. The Morgan fingerprint density at radius 1 is 0.484 bits per heavy atom. The Kier molecular flexibility index (Phi) is 28.9. The summed E-state index contributed by atoms with van der Waals surface area (Å²) in [5, 5.41) is 74.9. The second-order valence-electron chi connectivity index (χ2n) is 21.9. The summed E-state index contributed by atoms with van der Waals surface area (Å²) >= 11 is 0. The maximum Gasteiger partial charge on any atom is 3.00 e. The van der Waals surface area contributed by atoms with E-state index in [1.807, 2.05) is 177 Å². The van der Waals surface area contributed by atoms with Crippen molar-refractivity contribution in [3.05, 3.63) is 181 Å². The zero-order chi connectivity index (χ0) is 67.7. The van der Waals surface area contributed by atoms with Crippen molar-refractivity contribution >= 4 is 90.9 Å². The maximum absolute atomic E-state index is 12.5. The molecule has 0 aliphatic carbocycles. The maximum atomic E-state index is 12.5. The zero-order valence-electron chi connectivity index (χ0n) is 51.6. The summed E-state index contributed by atoms with van der Waals surface area (Å²) in [5.74, 6) is -0.994. The van der Waals surface area contributed by atoms with E-state index in [1.165, 1.54) is 6.33 Å². The van der Waals surface area contributed by atoms with Gasteiger partial charge in [0, 0.05) is 44.4 Å². The van der Waals surface area contributed by atoms with Gasteiger partial charge in [-0.25, -0.2) is 41.8 Å². The normalized spacial score (nSPS) is 12.0. The second kappa shape index (κ2) is 34.1. The fourth-order valence-corrected chi connectivity index (χ4v) is 8.50. The summed E-state index contributed by atoms with van der Waals surface area (Å²) in [6.07, 6.45) is 9.54. The smallest absolute Gasteiger partial charge is 0.872 e. The van der Waals surface area contributed by atoms with Crippen molar-refractivity contribution in [1.82, 2.24) is 15.0 Å². The third-order valence-corrected chi connectivity index (χ3v) is 14.8. The first-order valence-electron chi connectivity index (χ1n) is 27.4. The Bertz CT molecular complexity index is 3810. The van der Waals surface area contributed by atoms with Crippen molar-refractivity contribution in [1.29, 1.82) is 0 Å². The molecule has 488 valence electrons. The van der Waals surface area contributed by atoms with Crippen LogP contribution in [0.1, 0.15) is 84.1 Å². The van der Waals surface area contributed by atoms with E-state index in [0.717, 1.165) is 50.2 Å². The van der Waals surface area contributed by atoms with Gasteiger partial charge in [0.05, 0.1) is 28.7 Å². The van der Waals surface area contributed by atoms with Crippen LogP contribution in [0.4, 0.5) is 5.82 Å². The number of halogens is 2. The first-order valence-corrected chi connectivity index (χ1v) is 29.9. The Hall–Kier alpha value is -8.24. The topological polar surface area (TPSA) is 458 Å². The van der Waals surface area contributed by atoms with Gasteiger partial charge in [-0.1, -0.05) is 174 Å². The van der Waals surface area contributed by atoms with Crippen molar-refractivity contribution in [3.63, 3.8) is 0 Å². The van der Waals surface area contributed by atoms with Crippen LogP contribution >= 0.6 is 0 Å². The first-order chi connectivity index (χ1) is 42.6. The first kappa shape index (κ1) is 79.0. The number of rotatable bonds is 13. The molecule has 0 aliphatic heterocycles. The number of H-pyrrole nitrogens is 1. The summed E-state index contributed by atoms with van der Waals surface area (Å²) in [4.78, 5) is 40.2. The molecule has 0 amide bonds. The number of imidazole rings is 1. The van der Waals surface area contributed by atoms with Crippen LogP contribution in [0.3, 0.4) is 0 Å². The molecule has 8 aromatic carbocycles. The van der Waals surface area contributed by atoms with Crippen LogP contribution in [0, 0.1) is 20.5 Å². The van der Waals surface area contributed by atoms with E-state index < -0.39 is 48.6 Å². The van der Waals surface area contributed by atoms with Gasteiger partial charge in [-0.15, -0.1) is 20.5 Å². The molecule has 10 aromatic rings. The van der Waals surface area contributed by atoms with E-state index in [9.17, 15) is 30.3 Å². The monoisotopic (exact) mass is 1390 g/mol. The van der Waals surface area contributed by atoms with Gasteiger partial charge in [-0.2, -0.15) is 4.98 Å². The number of carboxylic acids is 1. The summed E-state index contributed by atoms with van der Waals surface area (Å²) < 4.78 is 69.6. The average Bonchev–Trinajstić information content (AvgIpc) is 1.50. The van der Waals surface area contributed by atoms with Gasteiger partial charge in [0.2, 0.25) is 5.52 Å². The summed E-state index contributed by atoms with van der Waals surface area (Å²) in [6, 6.07) is 44.8. The number of aromatic nitrogens is 4. The van der Waals surface area contributed by atoms with Gasteiger partial charge >= 0.3 is 39.8 Å². The average molecular weight is 1390 g/mol. The summed E-state index contributed by atoms with van der Waals surface area (Å²) in [6.45, 7) is 16.2. The van der Waals surface area contributed by atoms with Crippen LogP contribution in [0.15, 0.2) is 178 Å². The van der Waals surface area contributed by atoms with Crippen LogP contribution < -0.4 is 73.1 Å². The number of hydrogen-bond donors (Lipinski definition) is 3. The number of carbonyl (C=O) groups is 1. The molecule has 28 heteroatoms. The number of nitrogens with zero attached hydrogens (tertiary/aromatic N) is 7. The quantitative estimate of drug-likeness (QED) is 0.0674. The SMILES string of the molecule is CC(C)(N=Cc1c([O-])ccc2ccccc12)C(C)(C)N=Cc1c([O-])ccc2ccccc12.CC(C)(N=Cc1c([O-])ccc2ccccc12)C(C)(C)N=Cc1c([O-])ccc2ccccc12.CO.Nc1ncnc2c1[nH]c[n+]2CCC(=O)[O-].[Mn+3].[Mn+3].[O-][Cl+3]([O-])([O-])[O-].[O-][Cl+3]([O-])([O-])[O-].